The van der Waals surface area contributed by atoms with Gasteiger partial charge in [-0.25, -0.2) is 4.39 Å². The fourth-order valence-electron chi connectivity index (χ4n) is 4.04. The molecule has 0 aliphatic carbocycles. The minimum absolute atomic E-state index is 0.0316. The second-order valence-electron chi connectivity index (χ2n) is 7.17. The maximum absolute atomic E-state index is 13.8. The first kappa shape index (κ1) is 17.9. The first-order valence-corrected chi connectivity index (χ1v) is 9.18. The van der Waals surface area contributed by atoms with Crippen LogP contribution in [-0.2, 0) is 14.4 Å². The Balaban J connectivity index is 1.51. The molecule has 0 saturated carbocycles. The summed E-state index contributed by atoms with van der Waals surface area (Å²) in [5.74, 6) is -3.34. The fourth-order valence-corrected chi connectivity index (χ4v) is 4.04. The number of carbonyl (C=O) groups excluding carboxylic acids is 3. The first-order valence-electron chi connectivity index (χ1n) is 9.18. The molecular formula is C18H22FN5O3. The number of likely N-dealkylation sites (tertiary alicyclic amines) is 1. The number of para-hydroxylation sites is 1. The van der Waals surface area contributed by atoms with Gasteiger partial charge in [0.15, 0.2) is 0 Å². The van der Waals surface area contributed by atoms with Gasteiger partial charge in [-0.2, -0.15) is 0 Å². The maximum atomic E-state index is 13.8. The molecule has 1 aromatic carbocycles. The Labute approximate surface area is 155 Å². The molecule has 4 unspecified atom stereocenters. The van der Waals surface area contributed by atoms with E-state index in [2.05, 4.69) is 26.2 Å². The molecule has 3 saturated heterocycles. The van der Waals surface area contributed by atoms with Gasteiger partial charge in [-0.1, -0.05) is 12.1 Å². The number of nitrogens with zero attached hydrogens (tertiary/aromatic N) is 1. The Morgan fingerprint density at radius 2 is 1.89 bits per heavy atom. The van der Waals surface area contributed by atoms with Crippen molar-refractivity contribution >= 4 is 23.4 Å². The van der Waals surface area contributed by atoms with Gasteiger partial charge >= 0.3 is 0 Å². The number of fused-ring (bicyclic) bond motifs is 1. The van der Waals surface area contributed by atoms with Crippen molar-refractivity contribution < 1.29 is 18.8 Å². The third-order valence-electron chi connectivity index (χ3n) is 5.41. The smallest absolute Gasteiger partial charge is 0.229 e. The van der Waals surface area contributed by atoms with Gasteiger partial charge in [0.05, 0.1) is 23.7 Å². The zero-order valence-electron chi connectivity index (χ0n) is 14.7. The number of benzene rings is 1. The molecule has 27 heavy (non-hydrogen) atoms. The second kappa shape index (κ2) is 7.24. The first-order chi connectivity index (χ1) is 13.0. The average molecular weight is 375 g/mol. The molecule has 144 valence electrons. The Hall–Kier alpha value is -2.52. The fraction of sp³-hybridized carbons (Fsp3) is 0.500. The van der Waals surface area contributed by atoms with E-state index in [1.54, 1.807) is 6.07 Å². The van der Waals surface area contributed by atoms with E-state index in [1.807, 2.05) is 0 Å². The van der Waals surface area contributed by atoms with Crippen LogP contribution in [0.4, 0.5) is 10.1 Å². The monoisotopic (exact) mass is 375 g/mol. The predicted octanol–water partition coefficient (Wildman–Crippen LogP) is -0.0586. The molecule has 0 aromatic heterocycles. The number of nitrogens with one attached hydrogen (secondary N) is 4. The van der Waals surface area contributed by atoms with E-state index >= 15 is 0 Å². The van der Waals surface area contributed by atoms with Crippen LogP contribution >= 0.6 is 0 Å². The summed E-state index contributed by atoms with van der Waals surface area (Å²) in [5.41, 5.74) is 0.0316. The number of halogens is 1. The number of amides is 3. The lowest BCUT2D eigenvalue weighted by molar-refractivity contribution is -0.147. The van der Waals surface area contributed by atoms with Crippen molar-refractivity contribution in [2.24, 2.45) is 11.8 Å². The number of anilines is 1. The highest BCUT2D eigenvalue weighted by molar-refractivity contribution is 6.00. The SMILES string of the molecule is O=C1CC(C(=O)Nc2ccccc2F)C2C(=O)NC(N3CCCC3)NC2N1. The van der Waals surface area contributed by atoms with Crippen LogP contribution < -0.4 is 21.3 Å². The number of piperidine rings is 1. The summed E-state index contributed by atoms with van der Waals surface area (Å²) in [6.07, 6.45) is 0.992. The summed E-state index contributed by atoms with van der Waals surface area (Å²) in [7, 11) is 0. The van der Waals surface area contributed by atoms with Crippen molar-refractivity contribution in [2.75, 3.05) is 18.4 Å². The number of hydrogen-bond acceptors (Lipinski definition) is 5. The molecular weight excluding hydrogens is 353 g/mol. The normalized spacial score (nSPS) is 31.0. The van der Waals surface area contributed by atoms with E-state index in [1.165, 1.54) is 18.2 Å². The maximum Gasteiger partial charge on any atom is 0.229 e. The van der Waals surface area contributed by atoms with Crippen molar-refractivity contribution in [1.82, 2.24) is 20.9 Å². The van der Waals surface area contributed by atoms with Crippen molar-refractivity contribution in [2.45, 2.75) is 31.7 Å². The van der Waals surface area contributed by atoms with E-state index < -0.39 is 29.7 Å². The highest BCUT2D eigenvalue weighted by Gasteiger charge is 2.49. The molecule has 3 fully saturated rings. The average Bonchev–Trinajstić information content (AvgIpc) is 3.17. The molecule has 3 aliphatic rings. The van der Waals surface area contributed by atoms with E-state index in [-0.39, 0.29) is 30.2 Å². The van der Waals surface area contributed by atoms with Crippen LogP contribution in [-0.4, -0.2) is 48.2 Å². The minimum atomic E-state index is -0.879. The van der Waals surface area contributed by atoms with Crippen LogP contribution in [0.1, 0.15) is 19.3 Å². The number of hydrogen-bond donors (Lipinski definition) is 4. The van der Waals surface area contributed by atoms with Crippen molar-refractivity contribution in [3.63, 3.8) is 0 Å². The van der Waals surface area contributed by atoms with Gasteiger partial charge in [0, 0.05) is 19.5 Å². The molecule has 1 aromatic rings. The van der Waals surface area contributed by atoms with Crippen LogP contribution in [0.5, 0.6) is 0 Å². The lowest BCUT2D eigenvalue weighted by atomic mass is 9.81. The minimum Gasteiger partial charge on any atom is -0.340 e. The van der Waals surface area contributed by atoms with Crippen LogP contribution in [0.25, 0.3) is 0 Å². The van der Waals surface area contributed by atoms with Gasteiger partial charge in [-0.3, -0.25) is 24.6 Å². The molecule has 0 radical (unpaired) electrons. The third kappa shape index (κ3) is 3.52. The molecule has 4 atom stereocenters. The molecule has 4 N–H and O–H groups in total. The Kier molecular flexibility index (Phi) is 4.79. The van der Waals surface area contributed by atoms with Gasteiger partial charge in [0.2, 0.25) is 17.7 Å². The van der Waals surface area contributed by atoms with Gasteiger partial charge in [-0.15, -0.1) is 0 Å². The van der Waals surface area contributed by atoms with E-state index in [0.29, 0.717) is 0 Å². The third-order valence-corrected chi connectivity index (χ3v) is 5.41. The summed E-state index contributed by atoms with van der Waals surface area (Å²) < 4.78 is 13.8. The summed E-state index contributed by atoms with van der Waals surface area (Å²) in [6.45, 7) is 1.72. The van der Waals surface area contributed by atoms with E-state index in [4.69, 9.17) is 0 Å². The molecule has 9 heteroatoms. The van der Waals surface area contributed by atoms with E-state index in [9.17, 15) is 18.8 Å². The quantitative estimate of drug-likeness (QED) is 0.593. The predicted molar refractivity (Wildman–Crippen MR) is 94.4 cm³/mol. The number of rotatable bonds is 3. The van der Waals surface area contributed by atoms with Crippen LogP contribution in [0, 0.1) is 17.7 Å². The Morgan fingerprint density at radius 3 is 2.63 bits per heavy atom. The highest BCUT2D eigenvalue weighted by Crippen LogP contribution is 2.29. The van der Waals surface area contributed by atoms with Crippen molar-refractivity contribution in [3.8, 4) is 0 Å². The molecule has 3 heterocycles. The van der Waals surface area contributed by atoms with E-state index in [0.717, 1.165) is 25.9 Å². The standard InChI is InChI=1S/C18H22FN5O3/c19-11-5-1-2-6-12(11)20-16(26)10-9-13(25)21-15-14(10)17(27)23-18(22-15)24-7-3-4-8-24/h1-2,5-6,10,14-15,18,22H,3-4,7-9H2,(H,20,26)(H,21,25)(H,23,27). The highest BCUT2D eigenvalue weighted by atomic mass is 19.1. The molecule has 3 amide bonds. The Morgan fingerprint density at radius 1 is 1.15 bits per heavy atom. The summed E-state index contributed by atoms with van der Waals surface area (Å²) in [4.78, 5) is 39.7. The van der Waals surface area contributed by atoms with Gasteiger partial charge < -0.3 is 16.0 Å². The summed E-state index contributed by atoms with van der Waals surface area (Å²) in [6, 6.07) is 5.80. The molecule has 8 nitrogen and oxygen atoms in total. The molecule has 4 rings (SSSR count). The zero-order chi connectivity index (χ0) is 19.0. The van der Waals surface area contributed by atoms with Crippen LogP contribution in [0.2, 0.25) is 0 Å². The second-order valence-corrected chi connectivity index (χ2v) is 7.17. The molecule has 0 bridgehead atoms. The summed E-state index contributed by atoms with van der Waals surface area (Å²) in [5, 5.41) is 11.4. The van der Waals surface area contributed by atoms with Crippen LogP contribution in [0.15, 0.2) is 24.3 Å². The molecule has 3 aliphatic heterocycles. The lowest BCUT2D eigenvalue weighted by Crippen LogP contribution is -2.74. The zero-order valence-corrected chi connectivity index (χ0v) is 14.7. The van der Waals surface area contributed by atoms with Crippen molar-refractivity contribution in [3.05, 3.63) is 30.1 Å². The van der Waals surface area contributed by atoms with Crippen molar-refractivity contribution in [1.29, 1.82) is 0 Å². The largest absolute Gasteiger partial charge is 0.340 e. The van der Waals surface area contributed by atoms with Gasteiger partial charge in [-0.05, 0) is 25.0 Å². The van der Waals surface area contributed by atoms with Gasteiger partial charge in [0.25, 0.3) is 0 Å². The summed E-state index contributed by atoms with van der Waals surface area (Å²) >= 11 is 0. The topological polar surface area (TPSA) is 103 Å². The number of carbonyl (C=O) groups is 3. The Bertz CT molecular complexity index is 767. The molecule has 0 spiro atoms. The van der Waals surface area contributed by atoms with Crippen LogP contribution in [0.3, 0.4) is 0 Å². The lowest BCUT2D eigenvalue weighted by Gasteiger charge is -2.45. The van der Waals surface area contributed by atoms with Gasteiger partial charge in [0.1, 0.15) is 12.1 Å².